The first-order valence-electron chi connectivity index (χ1n) is 11.2. The third-order valence-corrected chi connectivity index (χ3v) is 6.18. The van der Waals surface area contributed by atoms with Gasteiger partial charge in [0, 0.05) is 0 Å². The van der Waals surface area contributed by atoms with Gasteiger partial charge in [0.2, 0.25) is 0 Å². The Bertz CT molecular complexity index is 1060. The normalized spacial score (nSPS) is 14.9. The van der Waals surface area contributed by atoms with Crippen LogP contribution in [0.25, 0.3) is 0 Å². The zero-order valence-corrected chi connectivity index (χ0v) is 18.7. The van der Waals surface area contributed by atoms with Crippen molar-refractivity contribution in [3.63, 3.8) is 0 Å². The molecule has 0 aliphatic heterocycles. The number of carbonyl (C=O) groups is 1. The molecular weight excluding hydrogens is 382 g/mol. The Morgan fingerprint density at radius 3 is 2.48 bits per heavy atom. The van der Waals surface area contributed by atoms with E-state index in [0.717, 1.165) is 29.7 Å². The summed E-state index contributed by atoms with van der Waals surface area (Å²) in [4.78, 5) is 13.2. The highest BCUT2D eigenvalue weighted by Gasteiger charge is 2.24. The lowest BCUT2D eigenvalue weighted by Gasteiger charge is -2.25. The van der Waals surface area contributed by atoms with E-state index in [1.807, 2.05) is 37.3 Å². The van der Waals surface area contributed by atoms with Crippen LogP contribution < -0.4 is 10.1 Å². The van der Waals surface area contributed by atoms with Gasteiger partial charge in [-0.15, -0.1) is 0 Å². The molecule has 31 heavy (non-hydrogen) atoms. The Morgan fingerprint density at radius 1 is 0.935 bits per heavy atom. The largest absolute Gasteiger partial charge is 0.481 e. The van der Waals surface area contributed by atoms with Gasteiger partial charge in [0.25, 0.3) is 5.91 Å². The Labute approximate surface area is 185 Å². The van der Waals surface area contributed by atoms with E-state index < -0.39 is 6.10 Å². The minimum absolute atomic E-state index is 0.109. The van der Waals surface area contributed by atoms with Crippen molar-refractivity contribution in [1.82, 2.24) is 5.32 Å². The van der Waals surface area contributed by atoms with Crippen LogP contribution in [0.3, 0.4) is 0 Å². The van der Waals surface area contributed by atoms with Crippen LogP contribution in [0.1, 0.15) is 59.2 Å². The molecule has 1 aliphatic rings. The molecule has 1 amide bonds. The lowest BCUT2D eigenvalue weighted by atomic mass is 9.91. The van der Waals surface area contributed by atoms with Crippen LogP contribution in [0.2, 0.25) is 0 Å². The summed E-state index contributed by atoms with van der Waals surface area (Å²) in [5.74, 6) is 0.741. The molecule has 0 heterocycles. The molecule has 1 N–H and O–H groups in total. The van der Waals surface area contributed by atoms with Gasteiger partial charge in [0.05, 0.1) is 6.04 Å². The highest BCUT2D eigenvalue weighted by molar-refractivity contribution is 5.81. The number of hydrogen-bond donors (Lipinski definition) is 1. The van der Waals surface area contributed by atoms with Gasteiger partial charge in [0.15, 0.2) is 6.10 Å². The van der Waals surface area contributed by atoms with Crippen molar-refractivity contribution in [1.29, 1.82) is 0 Å². The van der Waals surface area contributed by atoms with E-state index >= 15 is 0 Å². The van der Waals surface area contributed by atoms with E-state index in [1.54, 1.807) is 0 Å². The van der Waals surface area contributed by atoms with E-state index in [1.165, 1.54) is 35.1 Å². The molecule has 0 radical (unpaired) electrons. The Kier molecular flexibility index (Phi) is 6.41. The number of nitrogens with one attached hydrogen (secondary N) is 1. The molecule has 1 aliphatic carbocycles. The molecule has 3 aromatic rings. The molecule has 160 valence electrons. The molecule has 3 aromatic carbocycles. The second-order valence-corrected chi connectivity index (χ2v) is 8.57. The third kappa shape index (κ3) is 4.82. The third-order valence-electron chi connectivity index (χ3n) is 6.18. The summed E-state index contributed by atoms with van der Waals surface area (Å²) in [6.07, 6.45) is 3.94. The predicted octanol–water partition coefficient (Wildman–Crippen LogP) is 5.86. The van der Waals surface area contributed by atoms with E-state index in [2.05, 4.69) is 55.6 Å². The maximum Gasteiger partial charge on any atom is 0.261 e. The number of amides is 1. The molecule has 2 unspecified atom stereocenters. The van der Waals surface area contributed by atoms with Crippen LogP contribution >= 0.6 is 0 Å². The number of benzene rings is 3. The quantitative estimate of drug-likeness (QED) is 0.550. The van der Waals surface area contributed by atoms with Gasteiger partial charge in [0.1, 0.15) is 5.75 Å². The van der Waals surface area contributed by atoms with Gasteiger partial charge < -0.3 is 10.1 Å². The first-order chi connectivity index (χ1) is 15.0. The van der Waals surface area contributed by atoms with Crippen molar-refractivity contribution < 1.29 is 9.53 Å². The summed E-state index contributed by atoms with van der Waals surface area (Å²) in [5.41, 5.74) is 7.17. The van der Waals surface area contributed by atoms with E-state index in [4.69, 9.17) is 4.74 Å². The summed E-state index contributed by atoms with van der Waals surface area (Å²) < 4.78 is 6.18. The average molecular weight is 414 g/mol. The zero-order valence-electron chi connectivity index (χ0n) is 18.7. The number of ether oxygens (including phenoxy) is 1. The fourth-order valence-corrected chi connectivity index (χ4v) is 4.50. The molecule has 0 spiro atoms. The number of hydrogen-bond acceptors (Lipinski definition) is 2. The second-order valence-electron chi connectivity index (χ2n) is 8.57. The summed E-state index contributed by atoms with van der Waals surface area (Å²) in [6, 6.07) is 22.5. The van der Waals surface area contributed by atoms with Crippen molar-refractivity contribution in [3.8, 4) is 5.75 Å². The predicted molar refractivity (Wildman–Crippen MR) is 126 cm³/mol. The lowest BCUT2D eigenvalue weighted by Crippen LogP contribution is -2.39. The van der Waals surface area contributed by atoms with Crippen molar-refractivity contribution in [2.24, 2.45) is 0 Å². The van der Waals surface area contributed by atoms with Crippen molar-refractivity contribution in [2.45, 2.75) is 58.6 Å². The molecule has 0 saturated heterocycles. The Morgan fingerprint density at radius 2 is 1.71 bits per heavy atom. The number of aryl methyl sites for hydroxylation is 3. The van der Waals surface area contributed by atoms with Crippen LogP contribution in [0, 0.1) is 13.8 Å². The molecular formula is C28H31NO2. The van der Waals surface area contributed by atoms with Gasteiger partial charge in [-0.2, -0.15) is 0 Å². The van der Waals surface area contributed by atoms with Gasteiger partial charge in [-0.3, -0.25) is 4.79 Å². The molecule has 4 rings (SSSR count). The first kappa shape index (κ1) is 21.2. The standard InChI is InChI=1S/C28H31NO2/c1-19-16-17-24(20(2)18-19)27(23-11-5-4-6-12-23)29-28(30)21(3)31-26-15-9-13-22-10-7-8-14-25(22)26/h4-6,9,11-13,15-18,21,27H,7-8,10,14H2,1-3H3,(H,29,30). The van der Waals surface area contributed by atoms with Crippen LogP contribution in [-0.2, 0) is 17.6 Å². The van der Waals surface area contributed by atoms with Gasteiger partial charge in [-0.25, -0.2) is 0 Å². The minimum atomic E-state index is -0.578. The second kappa shape index (κ2) is 9.38. The van der Waals surface area contributed by atoms with Crippen LogP contribution in [0.5, 0.6) is 5.75 Å². The topological polar surface area (TPSA) is 38.3 Å². The molecule has 0 fully saturated rings. The number of carbonyl (C=O) groups excluding carboxylic acids is 1. The van der Waals surface area contributed by atoms with Gasteiger partial charge in [-0.05, 0) is 80.3 Å². The monoisotopic (exact) mass is 413 g/mol. The van der Waals surface area contributed by atoms with Crippen LogP contribution in [0.15, 0.2) is 66.7 Å². The van der Waals surface area contributed by atoms with E-state index in [-0.39, 0.29) is 11.9 Å². The maximum absolute atomic E-state index is 13.2. The van der Waals surface area contributed by atoms with Crippen molar-refractivity contribution in [3.05, 3.63) is 100 Å². The Balaban J connectivity index is 1.56. The lowest BCUT2D eigenvalue weighted by molar-refractivity contribution is -0.127. The zero-order chi connectivity index (χ0) is 21.8. The highest BCUT2D eigenvalue weighted by atomic mass is 16.5. The molecule has 0 aromatic heterocycles. The molecule has 0 bridgehead atoms. The first-order valence-corrected chi connectivity index (χ1v) is 11.2. The summed E-state index contributed by atoms with van der Waals surface area (Å²) in [7, 11) is 0. The number of rotatable bonds is 6. The fraction of sp³-hybridized carbons (Fsp3) is 0.321. The smallest absolute Gasteiger partial charge is 0.261 e. The Hall–Kier alpha value is -3.07. The SMILES string of the molecule is Cc1ccc(C(NC(=O)C(C)Oc2cccc3c2CCCC3)c2ccccc2)c(C)c1. The summed E-state index contributed by atoms with van der Waals surface area (Å²) >= 11 is 0. The minimum Gasteiger partial charge on any atom is -0.481 e. The highest BCUT2D eigenvalue weighted by Crippen LogP contribution is 2.31. The fourth-order valence-electron chi connectivity index (χ4n) is 4.50. The summed E-state index contributed by atoms with van der Waals surface area (Å²) in [6.45, 7) is 6.02. The van der Waals surface area contributed by atoms with Gasteiger partial charge >= 0.3 is 0 Å². The average Bonchev–Trinajstić information content (AvgIpc) is 2.78. The van der Waals surface area contributed by atoms with Crippen molar-refractivity contribution in [2.75, 3.05) is 0 Å². The molecule has 3 nitrogen and oxygen atoms in total. The van der Waals surface area contributed by atoms with Crippen LogP contribution in [0.4, 0.5) is 0 Å². The number of fused-ring (bicyclic) bond motifs is 1. The molecule has 3 heteroatoms. The molecule has 0 saturated carbocycles. The summed E-state index contributed by atoms with van der Waals surface area (Å²) in [5, 5.41) is 3.25. The van der Waals surface area contributed by atoms with E-state index in [0.29, 0.717) is 0 Å². The van der Waals surface area contributed by atoms with Gasteiger partial charge in [-0.1, -0.05) is 66.2 Å². The van der Waals surface area contributed by atoms with E-state index in [9.17, 15) is 4.79 Å². The van der Waals surface area contributed by atoms with Crippen LogP contribution in [-0.4, -0.2) is 12.0 Å². The van der Waals surface area contributed by atoms with Crippen molar-refractivity contribution >= 4 is 5.91 Å². The maximum atomic E-state index is 13.2. The molecule has 2 atom stereocenters.